The van der Waals surface area contributed by atoms with E-state index >= 15 is 0 Å². The fourth-order valence-electron chi connectivity index (χ4n) is 4.22. The van der Waals surface area contributed by atoms with Gasteiger partial charge < -0.3 is 19.9 Å². The van der Waals surface area contributed by atoms with Gasteiger partial charge in [-0.2, -0.15) is 0 Å². The first-order valence-electron chi connectivity index (χ1n) is 10.1. The van der Waals surface area contributed by atoms with E-state index in [1.165, 1.54) is 0 Å². The van der Waals surface area contributed by atoms with E-state index in [1.54, 1.807) is 0 Å². The quantitative estimate of drug-likeness (QED) is 0.333. The van der Waals surface area contributed by atoms with Crippen molar-refractivity contribution in [3.63, 3.8) is 0 Å². The Morgan fingerprint density at radius 2 is 0.867 bits per heavy atom. The standard InChI is InChI=1S/C24H24N6/c1-15-23(21(17-7-3-11-25-17)18-8-4-12-26-18)30-24(16(2)29-15)22(19-9-5-13-27-19)20-10-6-14-28-20/h3-14,21-22,25-28H,1-2H3. The summed E-state index contributed by atoms with van der Waals surface area (Å²) >= 11 is 0. The van der Waals surface area contributed by atoms with E-state index < -0.39 is 0 Å². The van der Waals surface area contributed by atoms with Crippen LogP contribution in [0.5, 0.6) is 0 Å². The SMILES string of the molecule is Cc1nc(C)c(C(c2ccc[nH]2)c2ccc[nH]2)nc1C(c1ccc[nH]1)c1ccc[nH]1. The minimum atomic E-state index is -0.0465. The lowest BCUT2D eigenvalue weighted by molar-refractivity contribution is 0.763. The van der Waals surface area contributed by atoms with Gasteiger partial charge in [-0.1, -0.05) is 0 Å². The molecule has 5 aromatic rings. The molecule has 4 N–H and O–H groups in total. The monoisotopic (exact) mass is 396 g/mol. The van der Waals surface area contributed by atoms with Gasteiger partial charge in [0.25, 0.3) is 0 Å². The van der Waals surface area contributed by atoms with Crippen molar-refractivity contribution in [2.75, 3.05) is 0 Å². The average Bonchev–Trinajstić information content (AvgIpc) is 3.55. The molecule has 0 unspecified atom stereocenters. The predicted octanol–water partition coefficient (Wildman–Crippen LogP) is 4.77. The summed E-state index contributed by atoms with van der Waals surface area (Å²) in [6.07, 6.45) is 7.79. The minimum absolute atomic E-state index is 0.0465. The van der Waals surface area contributed by atoms with Crippen molar-refractivity contribution in [2.24, 2.45) is 0 Å². The molecule has 0 spiro atoms. The number of hydrogen-bond donors (Lipinski definition) is 4. The highest BCUT2D eigenvalue weighted by molar-refractivity contribution is 5.41. The number of rotatable bonds is 6. The number of H-pyrrole nitrogens is 4. The molecule has 0 aliphatic carbocycles. The van der Waals surface area contributed by atoms with Gasteiger partial charge in [-0.3, -0.25) is 9.97 Å². The highest BCUT2D eigenvalue weighted by Gasteiger charge is 2.28. The third kappa shape index (κ3) is 3.16. The highest BCUT2D eigenvalue weighted by Crippen LogP contribution is 2.35. The molecule has 0 aliphatic heterocycles. The molecule has 5 aromatic heterocycles. The van der Waals surface area contributed by atoms with E-state index in [9.17, 15) is 0 Å². The van der Waals surface area contributed by atoms with Crippen molar-refractivity contribution in [1.82, 2.24) is 29.9 Å². The van der Waals surface area contributed by atoms with Crippen molar-refractivity contribution in [2.45, 2.75) is 25.7 Å². The Kier molecular flexibility index (Phi) is 4.59. The first-order chi connectivity index (χ1) is 14.7. The molecular formula is C24H24N6. The molecule has 0 aliphatic rings. The van der Waals surface area contributed by atoms with Crippen LogP contribution in [0.4, 0.5) is 0 Å². The normalized spacial score (nSPS) is 11.6. The lowest BCUT2D eigenvalue weighted by Crippen LogP contribution is -2.16. The maximum absolute atomic E-state index is 5.25. The van der Waals surface area contributed by atoms with Gasteiger partial charge in [0.2, 0.25) is 0 Å². The van der Waals surface area contributed by atoms with Crippen molar-refractivity contribution in [3.8, 4) is 0 Å². The summed E-state index contributed by atoms with van der Waals surface area (Å²) in [5, 5.41) is 0. The van der Waals surface area contributed by atoms with Gasteiger partial charge in [0.15, 0.2) is 0 Å². The zero-order valence-corrected chi connectivity index (χ0v) is 17.0. The number of nitrogens with zero attached hydrogens (tertiary/aromatic N) is 2. The summed E-state index contributed by atoms with van der Waals surface area (Å²) < 4.78 is 0. The van der Waals surface area contributed by atoms with E-state index in [-0.39, 0.29) is 11.8 Å². The van der Waals surface area contributed by atoms with Crippen LogP contribution < -0.4 is 0 Å². The molecule has 0 bridgehead atoms. The van der Waals surface area contributed by atoms with Gasteiger partial charge in [0, 0.05) is 47.6 Å². The second kappa shape index (κ2) is 7.55. The summed E-state index contributed by atoms with van der Waals surface area (Å²) in [6, 6.07) is 16.5. The van der Waals surface area contributed by atoms with Crippen LogP contribution in [0.3, 0.4) is 0 Å². The Hall–Kier alpha value is -3.80. The van der Waals surface area contributed by atoms with E-state index in [1.807, 2.05) is 62.9 Å². The summed E-state index contributed by atoms with van der Waals surface area (Å²) in [5.74, 6) is -0.0930. The molecule has 6 heteroatoms. The van der Waals surface area contributed by atoms with E-state index in [4.69, 9.17) is 9.97 Å². The van der Waals surface area contributed by atoms with E-state index in [0.29, 0.717) is 0 Å². The van der Waals surface area contributed by atoms with Gasteiger partial charge in [-0.05, 0) is 62.4 Å². The first kappa shape index (κ1) is 18.2. The van der Waals surface area contributed by atoms with Crippen LogP contribution in [0.2, 0.25) is 0 Å². The van der Waals surface area contributed by atoms with Crippen LogP contribution in [0, 0.1) is 13.8 Å². The largest absolute Gasteiger partial charge is 0.364 e. The van der Waals surface area contributed by atoms with Gasteiger partial charge in [0.1, 0.15) is 0 Å². The smallest absolute Gasteiger partial charge is 0.0832 e. The summed E-state index contributed by atoms with van der Waals surface area (Å²) in [5.41, 5.74) is 8.10. The van der Waals surface area contributed by atoms with Crippen molar-refractivity contribution in [1.29, 1.82) is 0 Å². The minimum Gasteiger partial charge on any atom is -0.364 e. The van der Waals surface area contributed by atoms with Crippen LogP contribution >= 0.6 is 0 Å². The molecule has 5 heterocycles. The molecule has 0 atom stereocenters. The maximum atomic E-state index is 5.25. The number of aromatic nitrogens is 6. The number of nitrogens with one attached hydrogen (secondary N) is 4. The lowest BCUT2D eigenvalue weighted by Gasteiger charge is -2.22. The second-order valence-corrected chi connectivity index (χ2v) is 7.53. The number of aromatic amines is 4. The number of aryl methyl sites for hydroxylation is 2. The number of hydrogen-bond acceptors (Lipinski definition) is 2. The third-order valence-electron chi connectivity index (χ3n) is 5.60. The Bertz CT molecular complexity index is 1040. The Morgan fingerprint density at radius 1 is 0.533 bits per heavy atom. The Balaban J connectivity index is 1.71. The van der Waals surface area contributed by atoms with Crippen molar-refractivity contribution < 1.29 is 0 Å². The van der Waals surface area contributed by atoms with Crippen molar-refractivity contribution >= 4 is 0 Å². The van der Waals surface area contributed by atoms with E-state index in [2.05, 4.69) is 44.2 Å². The third-order valence-corrected chi connectivity index (χ3v) is 5.60. The molecule has 0 saturated heterocycles. The van der Waals surface area contributed by atoms with Gasteiger partial charge in [0.05, 0.1) is 34.6 Å². The summed E-state index contributed by atoms with van der Waals surface area (Å²) in [6.45, 7) is 4.08. The Labute approximate surface area is 174 Å². The molecule has 0 saturated carbocycles. The molecule has 0 aromatic carbocycles. The zero-order chi connectivity index (χ0) is 20.5. The van der Waals surface area contributed by atoms with Crippen LogP contribution in [-0.2, 0) is 0 Å². The van der Waals surface area contributed by atoms with Gasteiger partial charge in [-0.15, -0.1) is 0 Å². The molecule has 150 valence electrons. The van der Waals surface area contributed by atoms with E-state index in [0.717, 1.165) is 45.6 Å². The first-order valence-corrected chi connectivity index (χ1v) is 10.1. The van der Waals surface area contributed by atoms with Crippen molar-refractivity contribution in [3.05, 3.63) is 119 Å². The van der Waals surface area contributed by atoms with Crippen LogP contribution in [0.15, 0.2) is 73.3 Å². The average molecular weight is 396 g/mol. The molecule has 6 nitrogen and oxygen atoms in total. The van der Waals surface area contributed by atoms with Gasteiger partial charge >= 0.3 is 0 Å². The topological polar surface area (TPSA) is 88.9 Å². The van der Waals surface area contributed by atoms with Crippen LogP contribution in [0.25, 0.3) is 0 Å². The fourth-order valence-corrected chi connectivity index (χ4v) is 4.22. The van der Waals surface area contributed by atoms with Crippen LogP contribution in [-0.4, -0.2) is 29.9 Å². The van der Waals surface area contributed by atoms with Gasteiger partial charge in [-0.25, -0.2) is 0 Å². The maximum Gasteiger partial charge on any atom is 0.0832 e. The molecule has 30 heavy (non-hydrogen) atoms. The zero-order valence-electron chi connectivity index (χ0n) is 17.0. The molecule has 0 radical (unpaired) electrons. The second-order valence-electron chi connectivity index (χ2n) is 7.53. The molecule has 0 fully saturated rings. The molecular weight excluding hydrogens is 372 g/mol. The molecule has 5 rings (SSSR count). The predicted molar refractivity (Wildman–Crippen MR) is 117 cm³/mol. The van der Waals surface area contributed by atoms with Crippen LogP contribution in [0.1, 0.15) is 57.4 Å². The highest BCUT2D eigenvalue weighted by atomic mass is 14.9. The summed E-state index contributed by atoms with van der Waals surface area (Å²) in [7, 11) is 0. The Morgan fingerprint density at radius 3 is 1.13 bits per heavy atom. The lowest BCUT2D eigenvalue weighted by atomic mass is 9.92. The fraction of sp³-hybridized carbons (Fsp3) is 0.167. The summed E-state index contributed by atoms with van der Waals surface area (Å²) in [4.78, 5) is 23.7. The molecule has 0 amide bonds.